The van der Waals surface area contributed by atoms with Crippen molar-refractivity contribution in [3.63, 3.8) is 0 Å². The number of non-ortho nitro benzene ring substituents is 1. The minimum Gasteiger partial charge on any atom is -0.376 e. The number of likely N-dealkylation sites (tertiary alicyclic amines) is 1. The molecule has 2 aliphatic rings. The van der Waals surface area contributed by atoms with E-state index in [4.69, 9.17) is 9.47 Å². The molecule has 1 N–H and O–H groups in total. The van der Waals surface area contributed by atoms with Gasteiger partial charge in [0.15, 0.2) is 5.96 Å². The second-order valence-electron chi connectivity index (χ2n) is 8.36. The zero-order chi connectivity index (χ0) is 21.9. The molecule has 0 spiro atoms. The molecule has 2 saturated heterocycles. The normalized spacial score (nSPS) is 20.6. The maximum absolute atomic E-state index is 10.7. The molecule has 1 unspecified atom stereocenters. The number of hydrogen-bond acceptors (Lipinski definition) is 5. The molecule has 0 amide bonds. The van der Waals surface area contributed by atoms with Crippen molar-refractivity contribution in [2.45, 2.75) is 63.6 Å². The maximum Gasteiger partial charge on any atom is 0.269 e. The van der Waals surface area contributed by atoms with Gasteiger partial charge < -0.3 is 19.7 Å². The van der Waals surface area contributed by atoms with Crippen LogP contribution in [0, 0.1) is 10.1 Å². The number of benzene rings is 1. The molecule has 0 radical (unpaired) electrons. The number of nitrogens with one attached hydrogen (secondary N) is 1. The third-order valence-corrected chi connectivity index (χ3v) is 6.07. The van der Waals surface area contributed by atoms with Crippen LogP contribution in [0.25, 0.3) is 0 Å². The van der Waals surface area contributed by atoms with Crippen LogP contribution < -0.4 is 5.32 Å². The number of ether oxygens (including phenoxy) is 2. The Morgan fingerprint density at radius 2 is 2.00 bits per heavy atom. The lowest BCUT2D eigenvalue weighted by Gasteiger charge is -2.35. The highest BCUT2D eigenvalue weighted by Gasteiger charge is 2.23. The lowest BCUT2D eigenvalue weighted by molar-refractivity contribution is -0.384. The van der Waals surface area contributed by atoms with Crippen LogP contribution in [0.1, 0.15) is 50.5 Å². The number of nitrogens with zero attached hydrogens (tertiary/aromatic N) is 3. The van der Waals surface area contributed by atoms with Gasteiger partial charge >= 0.3 is 0 Å². The molecule has 1 atom stereocenters. The Kier molecular flexibility index (Phi) is 9.55. The lowest BCUT2D eigenvalue weighted by Crippen LogP contribution is -2.47. The summed E-state index contributed by atoms with van der Waals surface area (Å²) >= 11 is 0. The fraction of sp³-hybridized carbons (Fsp3) is 0.696. The summed E-state index contributed by atoms with van der Waals surface area (Å²) in [5.41, 5.74) is 1.28. The van der Waals surface area contributed by atoms with Crippen LogP contribution in [-0.4, -0.2) is 67.9 Å². The van der Waals surface area contributed by atoms with Gasteiger partial charge in [-0.25, -0.2) is 0 Å². The van der Waals surface area contributed by atoms with E-state index in [0.717, 1.165) is 82.9 Å². The molecule has 0 bridgehead atoms. The molecule has 2 fully saturated rings. The molecule has 1 aromatic rings. The Hall–Kier alpha value is -2.19. The first-order valence-corrected chi connectivity index (χ1v) is 11.6. The van der Waals surface area contributed by atoms with E-state index in [1.807, 2.05) is 19.2 Å². The summed E-state index contributed by atoms with van der Waals surface area (Å²) < 4.78 is 11.9. The lowest BCUT2D eigenvalue weighted by atomic mass is 10.1. The zero-order valence-electron chi connectivity index (χ0n) is 18.6. The molecule has 0 aliphatic carbocycles. The van der Waals surface area contributed by atoms with E-state index in [0.29, 0.717) is 6.10 Å². The number of rotatable bonds is 9. The second kappa shape index (κ2) is 12.6. The highest BCUT2D eigenvalue weighted by Crippen LogP contribution is 2.18. The van der Waals surface area contributed by atoms with Gasteiger partial charge in [0.05, 0.1) is 23.7 Å². The molecule has 1 aromatic carbocycles. The molecule has 2 aliphatic heterocycles. The molecule has 8 heteroatoms. The van der Waals surface area contributed by atoms with Gasteiger partial charge in [-0.1, -0.05) is 12.1 Å². The average Bonchev–Trinajstić information content (AvgIpc) is 2.81. The number of unbranched alkanes of at least 4 members (excludes halogenated alkanes) is 1. The predicted octanol–water partition coefficient (Wildman–Crippen LogP) is 3.54. The monoisotopic (exact) mass is 432 g/mol. The van der Waals surface area contributed by atoms with Gasteiger partial charge in [-0.2, -0.15) is 0 Å². The van der Waals surface area contributed by atoms with Crippen molar-refractivity contribution in [2.75, 3.05) is 39.9 Å². The number of aryl methyl sites for hydroxylation is 1. The minimum absolute atomic E-state index is 0.144. The molecule has 3 rings (SSSR count). The highest BCUT2D eigenvalue weighted by atomic mass is 16.6. The first-order chi connectivity index (χ1) is 15.2. The van der Waals surface area contributed by atoms with Crippen LogP contribution in [0.2, 0.25) is 0 Å². The summed E-state index contributed by atoms with van der Waals surface area (Å²) in [6.45, 7) is 4.39. The number of nitro groups is 1. The van der Waals surface area contributed by atoms with Crippen LogP contribution in [0.3, 0.4) is 0 Å². The fourth-order valence-electron chi connectivity index (χ4n) is 4.19. The topological polar surface area (TPSA) is 89.2 Å². The summed E-state index contributed by atoms with van der Waals surface area (Å²) in [4.78, 5) is 17.1. The van der Waals surface area contributed by atoms with Crippen molar-refractivity contribution in [1.29, 1.82) is 0 Å². The third-order valence-electron chi connectivity index (χ3n) is 6.07. The average molecular weight is 433 g/mol. The fourth-order valence-corrected chi connectivity index (χ4v) is 4.19. The Balaban J connectivity index is 1.28. The van der Waals surface area contributed by atoms with Gasteiger partial charge in [0.2, 0.25) is 0 Å². The summed E-state index contributed by atoms with van der Waals surface area (Å²) in [6, 6.07) is 6.84. The molecule has 2 heterocycles. The Labute approximate surface area is 185 Å². The van der Waals surface area contributed by atoms with Crippen molar-refractivity contribution in [3.05, 3.63) is 39.9 Å². The third kappa shape index (κ3) is 7.78. The van der Waals surface area contributed by atoms with E-state index in [1.165, 1.54) is 12.8 Å². The van der Waals surface area contributed by atoms with Crippen molar-refractivity contribution in [1.82, 2.24) is 10.2 Å². The van der Waals surface area contributed by atoms with Gasteiger partial charge in [-0.3, -0.25) is 15.1 Å². The zero-order valence-corrected chi connectivity index (χ0v) is 18.6. The van der Waals surface area contributed by atoms with Crippen molar-refractivity contribution in [3.8, 4) is 0 Å². The highest BCUT2D eigenvalue weighted by molar-refractivity contribution is 5.79. The van der Waals surface area contributed by atoms with E-state index in [1.54, 1.807) is 12.1 Å². The van der Waals surface area contributed by atoms with E-state index in [2.05, 4.69) is 15.2 Å². The van der Waals surface area contributed by atoms with Gasteiger partial charge in [0, 0.05) is 45.4 Å². The predicted molar refractivity (Wildman–Crippen MR) is 122 cm³/mol. The number of guanidine groups is 1. The summed E-state index contributed by atoms with van der Waals surface area (Å²) in [6.07, 6.45) is 9.18. The number of aliphatic imine (C=N–C) groups is 1. The van der Waals surface area contributed by atoms with E-state index in [9.17, 15) is 10.1 Å². The van der Waals surface area contributed by atoms with Gasteiger partial charge in [-0.15, -0.1) is 0 Å². The SMILES string of the molecule is CN=C(NCCCCc1ccc([N+](=O)[O-])cc1)N1CCC(OCC2CCCCO2)CC1. The van der Waals surface area contributed by atoms with Gasteiger partial charge in [-0.05, 0) is 56.9 Å². The van der Waals surface area contributed by atoms with Crippen molar-refractivity contribution < 1.29 is 14.4 Å². The van der Waals surface area contributed by atoms with Gasteiger partial charge in [0.25, 0.3) is 5.69 Å². The van der Waals surface area contributed by atoms with E-state index >= 15 is 0 Å². The first-order valence-electron chi connectivity index (χ1n) is 11.6. The largest absolute Gasteiger partial charge is 0.376 e. The smallest absolute Gasteiger partial charge is 0.269 e. The molecule has 31 heavy (non-hydrogen) atoms. The number of piperidine rings is 1. The van der Waals surface area contributed by atoms with Crippen LogP contribution in [0.5, 0.6) is 0 Å². The Morgan fingerprint density at radius 1 is 1.23 bits per heavy atom. The maximum atomic E-state index is 10.7. The first kappa shape index (κ1) is 23.5. The number of nitro benzene ring substituents is 1. The Bertz CT molecular complexity index is 696. The van der Waals surface area contributed by atoms with Crippen LogP contribution in [0.15, 0.2) is 29.3 Å². The van der Waals surface area contributed by atoms with Gasteiger partial charge in [0.1, 0.15) is 0 Å². The molecular formula is C23H36N4O4. The molecular weight excluding hydrogens is 396 g/mol. The minimum atomic E-state index is -0.362. The van der Waals surface area contributed by atoms with Crippen molar-refractivity contribution in [2.24, 2.45) is 4.99 Å². The number of hydrogen-bond donors (Lipinski definition) is 1. The summed E-state index contributed by atoms with van der Waals surface area (Å²) in [5, 5.41) is 14.2. The quantitative estimate of drug-likeness (QED) is 0.211. The standard InChI is InChI=1S/C23H36N4O4/c1-24-23(25-14-4-2-6-19-8-10-20(11-9-19)27(28)29)26-15-12-21(13-16-26)31-18-22-7-3-5-17-30-22/h8-11,21-22H,2-7,12-18H2,1H3,(H,24,25). The van der Waals surface area contributed by atoms with Crippen LogP contribution >= 0.6 is 0 Å². The second-order valence-corrected chi connectivity index (χ2v) is 8.36. The Morgan fingerprint density at radius 3 is 2.65 bits per heavy atom. The summed E-state index contributed by atoms with van der Waals surface area (Å²) in [7, 11) is 1.84. The molecule has 8 nitrogen and oxygen atoms in total. The van der Waals surface area contributed by atoms with E-state index < -0.39 is 0 Å². The van der Waals surface area contributed by atoms with E-state index in [-0.39, 0.29) is 16.7 Å². The molecule has 0 saturated carbocycles. The molecule has 0 aromatic heterocycles. The van der Waals surface area contributed by atoms with Crippen LogP contribution in [-0.2, 0) is 15.9 Å². The van der Waals surface area contributed by atoms with Crippen LogP contribution in [0.4, 0.5) is 5.69 Å². The summed E-state index contributed by atoms with van der Waals surface area (Å²) in [5.74, 6) is 0.962. The van der Waals surface area contributed by atoms with Crippen molar-refractivity contribution >= 4 is 11.6 Å². The molecule has 172 valence electrons.